The smallest absolute Gasteiger partial charge is 0.122 e. The number of hydrogen-bond donors (Lipinski definition) is 1. The lowest BCUT2D eigenvalue weighted by molar-refractivity contribution is 0.409. The van der Waals surface area contributed by atoms with E-state index in [1.54, 1.807) is 7.11 Å². The molecule has 0 aromatic heterocycles. The Labute approximate surface area is 91.6 Å². The van der Waals surface area contributed by atoms with Gasteiger partial charge in [-0.3, -0.25) is 0 Å². The predicted octanol–water partition coefficient (Wildman–Crippen LogP) is 2.52. The summed E-state index contributed by atoms with van der Waals surface area (Å²) >= 11 is 0. The van der Waals surface area contributed by atoms with Gasteiger partial charge >= 0.3 is 0 Å². The highest BCUT2D eigenvalue weighted by molar-refractivity contribution is 5.51. The van der Waals surface area contributed by atoms with Crippen LogP contribution in [0.3, 0.4) is 0 Å². The molecule has 0 saturated heterocycles. The molecule has 2 rings (SSSR count). The molecule has 82 valence electrons. The van der Waals surface area contributed by atoms with Gasteiger partial charge in [-0.05, 0) is 48.1 Å². The number of hydrogen-bond acceptors (Lipinski definition) is 2. The number of aryl methyl sites for hydroxylation is 1. The first kappa shape index (κ1) is 10.5. The van der Waals surface area contributed by atoms with Crippen LogP contribution in [0.25, 0.3) is 0 Å². The van der Waals surface area contributed by atoms with Crippen molar-refractivity contribution in [3.63, 3.8) is 0 Å². The van der Waals surface area contributed by atoms with Crippen molar-refractivity contribution in [2.75, 3.05) is 13.7 Å². The molecule has 0 aliphatic carbocycles. The van der Waals surface area contributed by atoms with E-state index in [9.17, 15) is 0 Å². The molecule has 0 bridgehead atoms. The molecule has 0 spiro atoms. The maximum atomic E-state index is 5.40. The standard InChI is InChI=1S/C13H19NO/c1-8-5-12(15-4)10(3)11-7-14-6-9(2)13(8)11/h5,9,14H,6-7H2,1-4H3. The van der Waals surface area contributed by atoms with Crippen molar-refractivity contribution in [3.05, 3.63) is 28.3 Å². The molecule has 1 aromatic carbocycles. The fraction of sp³-hybridized carbons (Fsp3) is 0.538. The van der Waals surface area contributed by atoms with E-state index in [0.717, 1.165) is 18.8 Å². The molecule has 1 aromatic rings. The summed E-state index contributed by atoms with van der Waals surface area (Å²) in [5.74, 6) is 1.63. The Bertz CT molecular complexity index is 385. The summed E-state index contributed by atoms with van der Waals surface area (Å²) in [6, 6.07) is 2.16. The lowest BCUT2D eigenvalue weighted by Gasteiger charge is -2.28. The van der Waals surface area contributed by atoms with Crippen LogP contribution in [0.5, 0.6) is 5.75 Å². The summed E-state index contributed by atoms with van der Waals surface area (Å²) in [6.07, 6.45) is 0. The first-order valence-corrected chi connectivity index (χ1v) is 5.52. The maximum Gasteiger partial charge on any atom is 0.122 e. The van der Waals surface area contributed by atoms with Crippen LogP contribution in [-0.4, -0.2) is 13.7 Å². The van der Waals surface area contributed by atoms with Crippen molar-refractivity contribution in [1.82, 2.24) is 5.32 Å². The molecule has 15 heavy (non-hydrogen) atoms. The van der Waals surface area contributed by atoms with Gasteiger partial charge in [-0.2, -0.15) is 0 Å². The van der Waals surface area contributed by atoms with Crippen molar-refractivity contribution >= 4 is 0 Å². The maximum absolute atomic E-state index is 5.40. The zero-order valence-electron chi connectivity index (χ0n) is 9.98. The fourth-order valence-corrected chi connectivity index (χ4v) is 2.61. The van der Waals surface area contributed by atoms with Crippen LogP contribution in [-0.2, 0) is 6.54 Å². The SMILES string of the molecule is COc1cc(C)c2c(c1C)CNCC2C. The van der Waals surface area contributed by atoms with E-state index in [-0.39, 0.29) is 0 Å². The zero-order chi connectivity index (χ0) is 11.0. The van der Waals surface area contributed by atoms with Crippen LogP contribution in [0.2, 0.25) is 0 Å². The van der Waals surface area contributed by atoms with E-state index in [0.29, 0.717) is 5.92 Å². The Morgan fingerprint density at radius 2 is 2.13 bits per heavy atom. The second kappa shape index (κ2) is 3.86. The minimum atomic E-state index is 0.610. The van der Waals surface area contributed by atoms with E-state index in [1.165, 1.54) is 22.3 Å². The highest BCUT2D eigenvalue weighted by Gasteiger charge is 2.21. The quantitative estimate of drug-likeness (QED) is 0.760. The van der Waals surface area contributed by atoms with E-state index in [4.69, 9.17) is 4.74 Å². The van der Waals surface area contributed by atoms with Gasteiger partial charge in [0.25, 0.3) is 0 Å². The third kappa shape index (κ3) is 1.63. The fourth-order valence-electron chi connectivity index (χ4n) is 2.61. The number of rotatable bonds is 1. The first-order chi connectivity index (χ1) is 7.15. The van der Waals surface area contributed by atoms with Crippen LogP contribution >= 0.6 is 0 Å². The number of benzene rings is 1. The number of methoxy groups -OCH3 is 1. The molecule has 0 fully saturated rings. The van der Waals surface area contributed by atoms with E-state index >= 15 is 0 Å². The van der Waals surface area contributed by atoms with Crippen molar-refractivity contribution < 1.29 is 4.74 Å². The van der Waals surface area contributed by atoms with Crippen LogP contribution in [0, 0.1) is 13.8 Å². The summed E-state index contributed by atoms with van der Waals surface area (Å²) in [5.41, 5.74) is 5.61. The van der Waals surface area contributed by atoms with Gasteiger partial charge in [-0.1, -0.05) is 6.92 Å². The first-order valence-electron chi connectivity index (χ1n) is 5.52. The molecular weight excluding hydrogens is 186 g/mol. The number of nitrogens with one attached hydrogen (secondary N) is 1. The third-order valence-electron chi connectivity index (χ3n) is 3.38. The summed E-state index contributed by atoms with van der Waals surface area (Å²) in [4.78, 5) is 0. The minimum Gasteiger partial charge on any atom is -0.496 e. The molecule has 2 heteroatoms. The number of fused-ring (bicyclic) bond motifs is 1. The van der Waals surface area contributed by atoms with Crippen LogP contribution in [0.1, 0.15) is 35.1 Å². The average molecular weight is 205 g/mol. The van der Waals surface area contributed by atoms with Crippen molar-refractivity contribution in [1.29, 1.82) is 0 Å². The molecule has 1 atom stereocenters. The monoisotopic (exact) mass is 205 g/mol. The van der Waals surface area contributed by atoms with Gasteiger partial charge in [0.15, 0.2) is 0 Å². The largest absolute Gasteiger partial charge is 0.496 e. The molecule has 2 nitrogen and oxygen atoms in total. The van der Waals surface area contributed by atoms with Crippen molar-refractivity contribution in [2.45, 2.75) is 33.2 Å². The summed E-state index contributed by atoms with van der Waals surface area (Å²) in [7, 11) is 1.74. The molecule has 0 saturated carbocycles. The van der Waals surface area contributed by atoms with Crippen molar-refractivity contribution in [2.24, 2.45) is 0 Å². The summed E-state index contributed by atoms with van der Waals surface area (Å²) in [5, 5.41) is 3.45. The Morgan fingerprint density at radius 3 is 2.80 bits per heavy atom. The Morgan fingerprint density at radius 1 is 1.40 bits per heavy atom. The predicted molar refractivity (Wildman–Crippen MR) is 62.6 cm³/mol. The molecule has 1 N–H and O–H groups in total. The lowest BCUT2D eigenvalue weighted by Crippen LogP contribution is -2.28. The van der Waals surface area contributed by atoms with Gasteiger partial charge in [0.1, 0.15) is 5.75 Å². The molecule has 0 radical (unpaired) electrons. The molecule has 1 heterocycles. The Kier molecular flexibility index (Phi) is 2.70. The average Bonchev–Trinajstić information content (AvgIpc) is 2.23. The van der Waals surface area contributed by atoms with E-state index in [1.807, 2.05) is 0 Å². The van der Waals surface area contributed by atoms with Gasteiger partial charge < -0.3 is 10.1 Å². The Balaban J connectivity index is 2.62. The van der Waals surface area contributed by atoms with Gasteiger partial charge in [0.05, 0.1) is 7.11 Å². The number of ether oxygens (including phenoxy) is 1. The summed E-state index contributed by atoms with van der Waals surface area (Å²) in [6.45, 7) is 8.67. The molecule has 0 amide bonds. The van der Waals surface area contributed by atoms with E-state index < -0.39 is 0 Å². The normalized spacial score (nSPS) is 19.9. The van der Waals surface area contributed by atoms with Gasteiger partial charge in [-0.25, -0.2) is 0 Å². The van der Waals surface area contributed by atoms with Crippen molar-refractivity contribution in [3.8, 4) is 5.75 Å². The van der Waals surface area contributed by atoms with Crippen LogP contribution in [0.4, 0.5) is 0 Å². The second-order valence-corrected chi connectivity index (χ2v) is 4.44. The topological polar surface area (TPSA) is 21.3 Å². The highest BCUT2D eigenvalue weighted by Crippen LogP contribution is 2.34. The highest BCUT2D eigenvalue weighted by atomic mass is 16.5. The lowest BCUT2D eigenvalue weighted by atomic mass is 9.85. The summed E-state index contributed by atoms with van der Waals surface area (Å²) < 4.78 is 5.40. The second-order valence-electron chi connectivity index (χ2n) is 4.44. The molecular formula is C13H19NO. The minimum absolute atomic E-state index is 0.610. The molecule has 1 unspecified atom stereocenters. The third-order valence-corrected chi connectivity index (χ3v) is 3.38. The molecule has 1 aliphatic rings. The molecule has 1 aliphatic heterocycles. The van der Waals surface area contributed by atoms with Crippen LogP contribution in [0.15, 0.2) is 6.07 Å². The zero-order valence-corrected chi connectivity index (χ0v) is 9.98. The van der Waals surface area contributed by atoms with Gasteiger partial charge in [-0.15, -0.1) is 0 Å². The van der Waals surface area contributed by atoms with E-state index in [2.05, 4.69) is 32.2 Å². The van der Waals surface area contributed by atoms with Gasteiger partial charge in [0.2, 0.25) is 0 Å². The van der Waals surface area contributed by atoms with Gasteiger partial charge in [0, 0.05) is 13.1 Å². The van der Waals surface area contributed by atoms with Crippen LogP contribution < -0.4 is 10.1 Å². The Hall–Kier alpha value is -1.02.